The fourth-order valence-electron chi connectivity index (χ4n) is 9.03. The van der Waals surface area contributed by atoms with E-state index in [-0.39, 0.29) is 0 Å². The first-order valence-electron chi connectivity index (χ1n) is 20.0. The van der Waals surface area contributed by atoms with E-state index in [4.69, 9.17) is 19.4 Å². The second-order valence-electron chi connectivity index (χ2n) is 15.9. The lowest BCUT2D eigenvalue weighted by Gasteiger charge is -2.17. The zero-order chi connectivity index (χ0) is 40.0. The normalized spacial score (nSPS) is 11.7. The molecule has 13 heteroatoms. The van der Waals surface area contributed by atoms with Gasteiger partial charge in [-0.2, -0.15) is 0 Å². The second-order valence-corrected chi connectivity index (χ2v) is 15.9. The molecule has 7 aromatic carbocycles. The first-order chi connectivity index (χ1) is 28.1. The van der Waals surface area contributed by atoms with Gasteiger partial charge in [0.2, 0.25) is 0 Å². The summed E-state index contributed by atoms with van der Waals surface area (Å²) < 4.78 is 9.51. The quantitative estimate of drug-likeness (QED) is 0.186. The van der Waals surface area contributed by atoms with E-state index in [1.165, 1.54) is 65.5 Å². The fraction of sp³-hybridized carbons (Fsp3) is 0. The summed E-state index contributed by atoms with van der Waals surface area (Å²) in [5.74, 6) is 1.83. The van der Waals surface area contributed by atoms with Crippen LogP contribution in [0.25, 0.3) is 94.7 Å². The predicted octanol–water partition coefficient (Wildman–Crippen LogP) is -2.40. The molecule has 58 heavy (non-hydrogen) atoms. The van der Waals surface area contributed by atoms with Gasteiger partial charge in [0.15, 0.2) is 23.1 Å². The van der Waals surface area contributed by atoms with Gasteiger partial charge in [0, 0.05) is 38.5 Å². The van der Waals surface area contributed by atoms with Gasteiger partial charge in [-0.3, -0.25) is 0 Å². The summed E-state index contributed by atoms with van der Waals surface area (Å²) in [6, 6.07) is 41.8. The molecule has 0 N–H and O–H groups in total. The van der Waals surface area contributed by atoms with Gasteiger partial charge in [-0.05, 0) is 46.2 Å². The number of furan rings is 1. The van der Waals surface area contributed by atoms with Gasteiger partial charge in [0.25, 0.3) is 0 Å². The number of hydrogen-bond donors (Lipinski definition) is 0. The number of para-hydroxylation sites is 1. The van der Waals surface area contributed by atoms with Gasteiger partial charge in [0.05, 0.1) is 5.69 Å². The van der Waals surface area contributed by atoms with Crippen molar-refractivity contribution < 1.29 is 4.42 Å². The van der Waals surface area contributed by atoms with Crippen molar-refractivity contribution in [2.75, 3.05) is 0 Å². The van der Waals surface area contributed by atoms with Crippen LogP contribution in [0.2, 0.25) is 0 Å². The highest BCUT2D eigenvalue weighted by Crippen LogP contribution is 2.38. The summed E-state index contributed by atoms with van der Waals surface area (Å²) in [7, 11) is 18.2. The highest BCUT2D eigenvalue weighted by molar-refractivity contribution is 6.71. The van der Waals surface area contributed by atoms with Gasteiger partial charge in [-0.15, -0.1) is 10.9 Å². The highest BCUT2D eigenvalue weighted by atomic mass is 16.3. The third-order valence-electron chi connectivity index (χ3n) is 12.9. The van der Waals surface area contributed by atoms with Crippen molar-refractivity contribution in [3.05, 3.63) is 121 Å². The Kier molecular flexibility index (Phi) is 8.49. The molecule has 0 fully saturated rings. The van der Waals surface area contributed by atoms with Crippen molar-refractivity contribution >= 4 is 150 Å². The van der Waals surface area contributed by atoms with E-state index in [1.54, 1.807) is 0 Å². The van der Waals surface area contributed by atoms with Crippen LogP contribution in [-0.4, -0.2) is 82.3 Å². The number of hydrogen-bond acceptors (Lipinski definition) is 4. The van der Waals surface area contributed by atoms with Crippen LogP contribution in [-0.2, 0) is 0 Å². The molecule has 10 rings (SSSR count). The number of fused-ring (bicyclic) bond motifs is 6. The molecule has 0 spiro atoms. The van der Waals surface area contributed by atoms with E-state index in [1.807, 2.05) is 36.4 Å². The molecular formula is C45H36B8N4O. The molecule has 10 aromatic rings. The van der Waals surface area contributed by atoms with Gasteiger partial charge in [-0.1, -0.05) is 130 Å². The molecule has 0 unspecified atom stereocenters. The molecule has 0 saturated heterocycles. The van der Waals surface area contributed by atoms with E-state index >= 15 is 0 Å². The van der Waals surface area contributed by atoms with E-state index in [9.17, 15) is 0 Å². The molecule has 0 saturated carbocycles. The van der Waals surface area contributed by atoms with Crippen molar-refractivity contribution in [3.63, 3.8) is 0 Å². The lowest BCUT2D eigenvalue weighted by molar-refractivity contribution is 0.666. The number of benzene rings is 7. The Morgan fingerprint density at radius 2 is 0.862 bits per heavy atom. The Balaban J connectivity index is 1.19. The van der Waals surface area contributed by atoms with Gasteiger partial charge in [-0.25, -0.2) is 15.0 Å². The maximum absolute atomic E-state index is 7.02. The SMILES string of the molecule is Bc1c(B)c(B)c2c(c1B)c1c(B)c(B)c(B)c(B)c1n2-c1cccc2c1oc1cc(-c3nc(-c4ccccc4)nc(-c4cccc(-c5ccccc5)c4)n3)ccc12. The number of rotatable bonds is 5. The van der Waals surface area contributed by atoms with Crippen molar-refractivity contribution in [1.82, 2.24) is 19.5 Å². The van der Waals surface area contributed by atoms with Crippen LogP contribution >= 0.6 is 0 Å². The Morgan fingerprint density at radius 3 is 1.47 bits per heavy atom. The summed E-state index contributed by atoms with van der Waals surface area (Å²) in [6.07, 6.45) is 0. The zero-order valence-corrected chi connectivity index (χ0v) is 34.2. The Labute approximate surface area is 345 Å². The van der Waals surface area contributed by atoms with Gasteiger partial charge >= 0.3 is 0 Å². The molecular weight excluding hydrogens is 699 g/mol. The fourth-order valence-corrected chi connectivity index (χ4v) is 9.03. The Bertz CT molecular complexity index is 3250. The maximum atomic E-state index is 7.02. The summed E-state index contributed by atoms with van der Waals surface area (Å²) >= 11 is 0. The molecule has 0 bridgehead atoms. The monoisotopic (exact) mass is 736 g/mol. The van der Waals surface area contributed by atoms with E-state index in [2.05, 4.69) is 152 Å². The minimum atomic E-state index is 0.591. The molecule has 5 nitrogen and oxygen atoms in total. The minimum absolute atomic E-state index is 0.591. The van der Waals surface area contributed by atoms with E-state index in [0.717, 1.165) is 55.4 Å². The largest absolute Gasteiger partial charge is 0.454 e. The van der Waals surface area contributed by atoms with Crippen LogP contribution in [0.3, 0.4) is 0 Å². The summed E-state index contributed by atoms with van der Waals surface area (Å²) in [6.45, 7) is 0. The smallest absolute Gasteiger partial charge is 0.164 e. The lowest BCUT2D eigenvalue weighted by Crippen LogP contribution is -2.49. The van der Waals surface area contributed by atoms with Crippen LogP contribution in [0.1, 0.15) is 0 Å². The number of nitrogens with zero attached hydrogens (tertiary/aromatic N) is 4. The molecule has 3 heterocycles. The average Bonchev–Trinajstić information content (AvgIpc) is 3.83. The Hall–Kier alpha value is -6.33. The molecule has 0 atom stereocenters. The molecule has 0 amide bonds. The predicted molar refractivity (Wildman–Crippen MR) is 269 cm³/mol. The molecule has 0 aliphatic carbocycles. The second kappa shape index (κ2) is 13.7. The topological polar surface area (TPSA) is 56.7 Å². The third kappa shape index (κ3) is 5.47. The van der Waals surface area contributed by atoms with E-state index in [0.29, 0.717) is 17.5 Å². The van der Waals surface area contributed by atoms with Crippen molar-refractivity contribution in [3.8, 4) is 51.0 Å². The van der Waals surface area contributed by atoms with Crippen LogP contribution in [0.15, 0.2) is 126 Å². The third-order valence-corrected chi connectivity index (χ3v) is 12.9. The first kappa shape index (κ1) is 36.0. The molecule has 3 aromatic heterocycles. The summed E-state index contributed by atoms with van der Waals surface area (Å²) in [4.78, 5) is 15.2. The number of aromatic nitrogens is 4. The molecule has 0 radical (unpaired) electrons. The van der Waals surface area contributed by atoms with Crippen molar-refractivity contribution in [2.24, 2.45) is 0 Å². The van der Waals surface area contributed by atoms with Crippen molar-refractivity contribution in [2.45, 2.75) is 0 Å². The van der Waals surface area contributed by atoms with Crippen LogP contribution in [0.4, 0.5) is 0 Å². The average molecular weight is 735 g/mol. The van der Waals surface area contributed by atoms with Crippen LogP contribution in [0.5, 0.6) is 0 Å². The minimum Gasteiger partial charge on any atom is -0.454 e. The zero-order valence-electron chi connectivity index (χ0n) is 34.2. The standard InChI is InChI=1S/C45H36B8N4O/c46-32-30-31-33(47)35(49)37(51)39(53)41(31)57(40(30)38(52)36(50)34(32)48)28-16-8-15-27-26-18-17-25(20-29(26)58-42(27)28)45-55-43(22-11-5-2-6-12-22)54-44(56-45)24-14-7-13-23(19-24)21-9-3-1-4-10-21/h1-20H,46-53H2. The summed E-state index contributed by atoms with van der Waals surface area (Å²) in [5.41, 5.74) is 20.8. The highest BCUT2D eigenvalue weighted by Gasteiger charge is 2.25. The van der Waals surface area contributed by atoms with Crippen molar-refractivity contribution in [1.29, 1.82) is 0 Å². The Morgan fingerprint density at radius 1 is 0.379 bits per heavy atom. The van der Waals surface area contributed by atoms with Crippen LogP contribution < -0.4 is 43.7 Å². The molecule has 0 aliphatic heterocycles. The van der Waals surface area contributed by atoms with E-state index < -0.39 is 0 Å². The summed E-state index contributed by atoms with van der Waals surface area (Å²) in [5, 5.41) is 4.80. The first-order valence-corrected chi connectivity index (χ1v) is 20.0. The molecule has 266 valence electrons. The lowest BCUT2D eigenvalue weighted by atomic mass is 9.63. The molecule has 0 aliphatic rings. The van der Waals surface area contributed by atoms with Crippen LogP contribution in [0, 0.1) is 0 Å². The van der Waals surface area contributed by atoms with Gasteiger partial charge < -0.3 is 8.98 Å². The van der Waals surface area contributed by atoms with Gasteiger partial charge in [0.1, 0.15) is 68.4 Å². The maximum Gasteiger partial charge on any atom is 0.164 e.